The number of nitrogens with zero attached hydrogens (tertiary/aromatic N) is 1. The van der Waals surface area contributed by atoms with Crippen LogP contribution in [0.4, 0.5) is 19.1 Å². The van der Waals surface area contributed by atoms with Gasteiger partial charge in [-0.15, -0.1) is 0 Å². The molecule has 0 saturated heterocycles. The number of carbonyl (C=O) groups is 1. The number of aromatic nitrogens is 2. The highest BCUT2D eigenvalue weighted by Gasteiger charge is 2.40. The summed E-state index contributed by atoms with van der Waals surface area (Å²) in [6, 6.07) is 0. The fraction of sp³-hybridized carbons (Fsp3) is 0.500. The molecule has 90 valence electrons. The molecule has 0 aliphatic heterocycles. The van der Waals surface area contributed by atoms with E-state index in [9.17, 15) is 18.0 Å². The van der Waals surface area contributed by atoms with Crippen molar-refractivity contribution in [1.82, 2.24) is 9.97 Å². The molecule has 0 radical (unpaired) electrons. The zero-order chi connectivity index (χ0) is 12.0. The summed E-state index contributed by atoms with van der Waals surface area (Å²) < 4.78 is 39.0. The lowest BCUT2D eigenvalue weighted by Crippen LogP contribution is -2.26. The molecule has 16 heavy (non-hydrogen) atoms. The van der Waals surface area contributed by atoms with Crippen molar-refractivity contribution in [3.63, 3.8) is 0 Å². The van der Waals surface area contributed by atoms with Crippen LogP contribution in [0.2, 0.25) is 0 Å². The number of H-pyrrole nitrogens is 1. The van der Waals surface area contributed by atoms with Crippen LogP contribution in [0.15, 0.2) is 12.4 Å². The topological polar surface area (TPSA) is 67.0 Å². The van der Waals surface area contributed by atoms with Gasteiger partial charge < -0.3 is 15.0 Å². The fourth-order valence-corrected chi connectivity index (χ4v) is 0.888. The Morgan fingerprint density at radius 1 is 1.56 bits per heavy atom. The smallest absolute Gasteiger partial charge is 0.459 e. The van der Waals surface area contributed by atoms with Crippen molar-refractivity contribution in [2.45, 2.75) is 12.6 Å². The molecule has 0 fully saturated rings. The van der Waals surface area contributed by atoms with Crippen LogP contribution >= 0.6 is 0 Å². The van der Waals surface area contributed by atoms with Gasteiger partial charge in [-0.25, -0.2) is 9.78 Å². The molecule has 1 aromatic heterocycles. The predicted molar refractivity (Wildman–Crippen MR) is 48.7 cm³/mol. The van der Waals surface area contributed by atoms with E-state index in [0.717, 1.165) is 0 Å². The second kappa shape index (κ2) is 5.38. The first kappa shape index (κ1) is 12.3. The van der Waals surface area contributed by atoms with Gasteiger partial charge in [0.15, 0.2) is 5.95 Å². The lowest BCUT2D eigenvalue weighted by molar-refractivity contribution is -0.199. The van der Waals surface area contributed by atoms with Crippen molar-refractivity contribution in [1.29, 1.82) is 0 Å². The normalized spacial score (nSPS) is 11.2. The minimum atomic E-state index is -4.92. The van der Waals surface area contributed by atoms with E-state index >= 15 is 0 Å². The van der Waals surface area contributed by atoms with Gasteiger partial charge in [-0.3, -0.25) is 0 Å². The molecule has 0 atom stereocenters. The molecule has 0 spiro atoms. The number of imidazole rings is 1. The summed E-state index contributed by atoms with van der Waals surface area (Å²) in [7, 11) is 0. The number of rotatable bonds is 5. The Kier molecular flexibility index (Phi) is 4.15. The number of hydrogen-bond donors (Lipinski definition) is 2. The van der Waals surface area contributed by atoms with Gasteiger partial charge in [0.2, 0.25) is 0 Å². The number of alkyl halides is 3. The molecular formula is C8H10F3N3O2. The Bertz CT molecular complexity index is 324. The van der Waals surface area contributed by atoms with Gasteiger partial charge in [0, 0.05) is 18.9 Å². The van der Waals surface area contributed by atoms with Crippen LogP contribution in [-0.2, 0) is 9.53 Å². The molecule has 1 rings (SSSR count). The second-order valence-electron chi connectivity index (χ2n) is 2.85. The maximum Gasteiger partial charge on any atom is 0.490 e. The molecular weight excluding hydrogens is 227 g/mol. The van der Waals surface area contributed by atoms with Gasteiger partial charge in [-0.05, 0) is 6.42 Å². The number of carbonyl (C=O) groups excluding carboxylic acids is 1. The van der Waals surface area contributed by atoms with E-state index < -0.39 is 12.1 Å². The second-order valence-corrected chi connectivity index (χ2v) is 2.85. The maximum atomic E-state index is 11.7. The lowest BCUT2D eigenvalue weighted by atomic mass is 10.4. The third kappa shape index (κ3) is 4.20. The van der Waals surface area contributed by atoms with Crippen LogP contribution < -0.4 is 5.32 Å². The van der Waals surface area contributed by atoms with Gasteiger partial charge in [0.25, 0.3) is 0 Å². The number of halogens is 3. The van der Waals surface area contributed by atoms with Crippen LogP contribution in [0.5, 0.6) is 0 Å². The van der Waals surface area contributed by atoms with Crippen molar-refractivity contribution in [2.75, 3.05) is 18.5 Å². The van der Waals surface area contributed by atoms with E-state index in [0.29, 0.717) is 12.5 Å². The maximum absolute atomic E-state index is 11.7. The van der Waals surface area contributed by atoms with Crippen LogP contribution in [0.25, 0.3) is 0 Å². The highest BCUT2D eigenvalue weighted by atomic mass is 19.4. The van der Waals surface area contributed by atoms with E-state index in [2.05, 4.69) is 20.0 Å². The summed E-state index contributed by atoms with van der Waals surface area (Å²) in [5, 5.41) is 2.80. The largest absolute Gasteiger partial charge is 0.490 e. The van der Waals surface area contributed by atoms with Gasteiger partial charge >= 0.3 is 12.1 Å². The highest BCUT2D eigenvalue weighted by Crippen LogP contribution is 2.16. The summed E-state index contributed by atoms with van der Waals surface area (Å²) >= 11 is 0. The standard InChI is InChI=1S/C8H10F3N3O2/c9-8(10,11)6(15)16-5-1-2-12-7-13-3-4-14-7/h3-4H,1-2,5H2,(H2,12,13,14). The molecule has 0 unspecified atom stereocenters. The van der Waals surface area contributed by atoms with E-state index in [-0.39, 0.29) is 13.0 Å². The molecule has 1 heterocycles. The Morgan fingerprint density at radius 2 is 2.31 bits per heavy atom. The number of hydrogen-bond acceptors (Lipinski definition) is 4. The molecule has 0 amide bonds. The Hall–Kier alpha value is -1.73. The van der Waals surface area contributed by atoms with E-state index in [1.807, 2.05) is 0 Å². The zero-order valence-electron chi connectivity index (χ0n) is 8.17. The van der Waals surface area contributed by atoms with Gasteiger partial charge in [0.1, 0.15) is 0 Å². The molecule has 1 aromatic rings. The fourth-order valence-electron chi connectivity index (χ4n) is 0.888. The first-order chi connectivity index (χ1) is 7.50. The zero-order valence-corrected chi connectivity index (χ0v) is 8.17. The first-order valence-corrected chi connectivity index (χ1v) is 4.47. The van der Waals surface area contributed by atoms with Crippen molar-refractivity contribution >= 4 is 11.9 Å². The molecule has 0 saturated carbocycles. The monoisotopic (exact) mass is 237 g/mol. The van der Waals surface area contributed by atoms with Gasteiger partial charge in [-0.2, -0.15) is 13.2 Å². The van der Waals surface area contributed by atoms with Crippen LogP contribution in [-0.4, -0.2) is 35.3 Å². The van der Waals surface area contributed by atoms with E-state index in [1.165, 1.54) is 6.20 Å². The third-order valence-electron chi connectivity index (χ3n) is 1.58. The SMILES string of the molecule is O=C(OCCCNc1ncc[nH]1)C(F)(F)F. The number of aromatic amines is 1. The molecule has 5 nitrogen and oxygen atoms in total. The quantitative estimate of drug-likeness (QED) is 0.598. The molecule has 0 aromatic carbocycles. The van der Waals surface area contributed by atoms with Crippen LogP contribution in [0.1, 0.15) is 6.42 Å². The Morgan fingerprint density at radius 3 is 2.88 bits per heavy atom. The van der Waals surface area contributed by atoms with E-state index in [1.54, 1.807) is 6.20 Å². The van der Waals surface area contributed by atoms with Crippen LogP contribution in [0.3, 0.4) is 0 Å². The minimum absolute atomic E-state index is 0.266. The Balaban J connectivity index is 2.06. The third-order valence-corrected chi connectivity index (χ3v) is 1.58. The first-order valence-electron chi connectivity index (χ1n) is 4.47. The van der Waals surface area contributed by atoms with Crippen molar-refractivity contribution in [2.24, 2.45) is 0 Å². The summed E-state index contributed by atoms with van der Waals surface area (Å²) in [6.45, 7) is 0.0741. The predicted octanol–water partition coefficient (Wildman–Crippen LogP) is 1.32. The summed E-state index contributed by atoms with van der Waals surface area (Å²) in [5.74, 6) is -1.65. The number of nitrogens with one attached hydrogen (secondary N) is 2. The van der Waals surface area contributed by atoms with Crippen molar-refractivity contribution in [3.05, 3.63) is 12.4 Å². The van der Waals surface area contributed by atoms with E-state index in [4.69, 9.17) is 0 Å². The molecule has 8 heteroatoms. The van der Waals surface area contributed by atoms with Crippen molar-refractivity contribution < 1.29 is 22.7 Å². The number of anilines is 1. The molecule has 2 N–H and O–H groups in total. The Labute approximate surface area is 89.0 Å². The average molecular weight is 237 g/mol. The summed E-state index contributed by atoms with van der Waals surface area (Å²) in [6.07, 6.45) is -1.52. The van der Waals surface area contributed by atoms with Crippen LogP contribution in [0, 0.1) is 0 Å². The minimum Gasteiger partial charge on any atom is -0.459 e. The summed E-state index contributed by atoms with van der Waals surface area (Å²) in [5.41, 5.74) is 0. The number of esters is 1. The number of ether oxygens (including phenoxy) is 1. The van der Waals surface area contributed by atoms with Gasteiger partial charge in [0.05, 0.1) is 6.61 Å². The van der Waals surface area contributed by atoms with Crippen molar-refractivity contribution in [3.8, 4) is 0 Å². The van der Waals surface area contributed by atoms with Gasteiger partial charge in [-0.1, -0.05) is 0 Å². The molecule has 0 aliphatic rings. The lowest BCUT2D eigenvalue weighted by Gasteiger charge is -2.07. The molecule has 0 aliphatic carbocycles. The molecule has 0 bridgehead atoms. The average Bonchev–Trinajstić information content (AvgIpc) is 2.68. The highest BCUT2D eigenvalue weighted by molar-refractivity contribution is 5.75. The summed E-state index contributed by atoms with van der Waals surface area (Å²) in [4.78, 5) is 16.9.